The zero-order chi connectivity index (χ0) is 15.3. The first kappa shape index (κ1) is 16.0. The highest BCUT2D eigenvalue weighted by Gasteiger charge is 2.32. The lowest BCUT2D eigenvalue weighted by molar-refractivity contribution is -0.123. The van der Waals surface area contributed by atoms with Crippen LogP contribution in [0.4, 0.5) is 4.39 Å². The summed E-state index contributed by atoms with van der Waals surface area (Å²) in [5.41, 5.74) is 0.872. The van der Waals surface area contributed by atoms with Crippen molar-refractivity contribution in [3.05, 3.63) is 35.6 Å². The number of halogens is 1. The summed E-state index contributed by atoms with van der Waals surface area (Å²) in [4.78, 5) is 12.3. The number of carbonyl (C=O) groups is 1. The molecule has 2 rings (SSSR count). The first-order valence-corrected chi connectivity index (χ1v) is 7.78. The summed E-state index contributed by atoms with van der Waals surface area (Å²) in [6.45, 7) is 1.93. The van der Waals surface area contributed by atoms with Crippen LogP contribution in [0.1, 0.15) is 57.1 Å². The molecule has 1 saturated carbocycles. The molecule has 1 aliphatic carbocycles. The molecule has 4 heteroatoms. The average molecular weight is 292 g/mol. The third-order valence-electron chi connectivity index (χ3n) is 4.59. The fourth-order valence-electron chi connectivity index (χ4n) is 3.18. The lowest BCUT2D eigenvalue weighted by atomic mass is 9.79. The highest BCUT2D eigenvalue weighted by molar-refractivity contribution is 5.77. The molecule has 0 aromatic heterocycles. The first-order chi connectivity index (χ1) is 10.0. The molecule has 0 aliphatic heterocycles. The number of benzene rings is 1. The van der Waals surface area contributed by atoms with Crippen LogP contribution in [0.2, 0.25) is 0 Å². The quantitative estimate of drug-likeness (QED) is 0.874. The fourth-order valence-corrected chi connectivity index (χ4v) is 3.18. The molecule has 1 unspecified atom stereocenters. The molecule has 3 nitrogen and oxygen atoms in total. The highest BCUT2D eigenvalue weighted by atomic mass is 19.1. The number of carbonyl (C=O) groups excluding carboxylic acids is 1. The van der Waals surface area contributed by atoms with E-state index in [1.807, 2.05) is 14.0 Å². The molecule has 1 atom stereocenters. The summed E-state index contributed by atoms with van der Waals surface area (Å²) in [7, 11) is 1.95. The van der Waals surface area contributed by atoms with Gasteiger partial charge < -0.3 is 10.6 Å². The Morgan fingerprint density at radius 3 is 2.43 bits per heavy atom. The first-order valence-electron chi connectivity index (χ1n) is 7.78. The van der Waals surface area contributed by atoms with Crippen molar-refractivity contribution < 1.29 is 9.18 Å². The van der Waals surface area contributed by atoms with E-state index < -0.39 is 0 Å². The summed E-state index contributed by atoms with van der Waals surface area (Å²) < 4.78 is 12.9. The van der Waals surface area contributed by atoms with E-state index in [-0.39, 0.29) is 23.3 Å². The SMILES string of the molecule is CNC1(CC(=O)NC(C)c2ccc(F)cc2)CCCCC1. The standard InChI is InChI=1S/C17H25FN2O/c1-13(14-6-8-15(18)9-7-14)20-16(21)12-17(19-2)10-4-3-5-11-17/h6-9,13,19H,3-5,10-12H2,1-2H3,(H,20,21). The van der Waals surface area contributed by atoms with Gasteiger partial charge in [0, 0.05) is 12.0 Å². The van der Waals surface area contributed by atoms with E-state index in [2.05, 4.69) is 10.6 Å². The monoisotopic (exact) mass is 292 g/mol. The zero-order valence-electron chi connectivity index (χ0n) is 12.9. The second-order valence-corrected chi connectivity index (χ2v) is 6.11. The minimum absolute atomic E-state index is 0.0507. The fraction of sp³-hybridized carbons (Fsp3) is 0.588. The molecule has 1 aromatic rings. The molecule has 1 fully saturated rings. The van der Waals surface area contributed by atoms with Crippen molar-refractivity contribution in [2.75, 3.05) is 7.05 Å². The maximum absolute atomic E-state index is 12.9. The molecule has 1 aliphatic rings. The van der Waals surface area contributed by atoms with Crippen molar-refractivity contribution in [1.82, 2.24) is 10.6 Å². The lowest BCUT2D eigenvalue weighted by Gasteiger charge is -2.37. The lowest BCUT2D eigenvalue weighted by Crippen LogP contribution is -2.48. The van der Waals surface area contributed by atoms with Crippen molar-refractivity contribution in [1.29, 1.82) is 0 Å². The average Bonchev–Trinajstić information content (AvgIpc) is 2.48. The van der Waals surface area contributed by atoms with Crippen LogP contribution in [0.25, 0.3) is 0 Å². The Bertz CT molecular complexity index is 466. The molecule has 0 spiro atoms. The Balaban J connectivity index is 1.92. The molecule has 116 valence electrons. The molecule has 0 saturated heterocycles. The van der Waals surface area contributed by atoms with Gasteiger partial charge in [-0.05, 0) is 44.5 Å². The van der Waals surface area contributed by atoms with E-state index in [1.165, 1.54) is 31.4 Å². The molecule has 0 radical (unpaired) electrons. The van der Waals surface area contributed by atoms with Crippen LogP contribution in [-0.2, 0) is 4.79 Å². The van der Waals surface area contributed by atoms with Crippen LogP contribution in [0.3, 0.4) is 0 Å². The topological polar surface area (TPSA) is 41.1 Å². The van der Waals surface area contributed by atoms with E-state index in [9.17, 15) is 9.18 Å². The van der Waals surface area contributed by atoms with Gasteiger partial charge in [-0.3, -0.25) is 4.79 Å². The molecule has 21 heavy (non-hydrogen) atoms. The predicted molar refractivity (Wildman–Crippen MR) is 82.5 cm³/mol. The zero-order valence-corrected chi connectivity index (χ0v) is 12.9. The molecule has 1 aromatic carbocycles. The van der Waals surface area contributed by atoms with Gasteiger partial charge in [-0.2, -0.15) is 0 Å². The van der Waals surface area contributed by atoms with E-state index in [4.69, 9.17) is 0 Å². The molecule has 0 heterocycles. The second kappa shape index (κ2) is 7.03. The minimum atomic E-state index is -0.256. The van der Waals surface area contributed by atoms with Crippen molar-refractivity contribution in [3.8, 4) is 0 Å². The number of rotatable bonds is 5. The van der Waals surface area contributed by atoms with Crippen molar-refractivity contribution in [2.45, 2.75) is 57.0 Å². The second-order valence-electron chi connectivity index (χ2n) is 6.11. The third kappa shape index (κ3) is 4.27. The molecule has 0 bridgehead atoms. The van der Waals surface area contributed by atoms with Crippen molar-refractivity contribution in [3.63, 3.8) is 0 Å². The van der Waals surface area contributed by atoms with Crippen LogP contribution in [0.5, 0.6) is 0 Å². The highest BCUT2D eigenvalue weighted by Crippen LogP contribution is 2.30. The maximum Gasteiger partial charge on any atom is 0.222 e. The molecular weight excluding hydrogens is 267 g/mol. The largest absolute Gasteiger partial charge is 0.350 e. The number of amides is 1. The maximum atomic E-state index is 12.9. The van der Waals surface area contributed by atoms with Gasteiger partial charge >= 0.3 is 0 Å². The Morgan fingerprint density at radius 1 is 1.24 bits per heavy atom. The Labute approximate surface area is 126 Å². The number of hydrogen-bond donors (Lipinski definition) is 2. The summed E-state index contributed by atoms with van der Waals surface area (Å²) in [5, 5.41) is 6.38. The molecule has 1 amide bonds. The minimum Gasteiger partial charge on any atom is -0.350 e. The van der Waals surface area contributed by atoms with E-state index >= 15 is 0 Å². The normalized spacial score (nSPS) is 19.0. The van der Waals surface area contributed by atoms with Crippen molar-refractivity contribution >= 4 is 5.91 Å². The predicted octanol–water partition coefficient (Wildman–Crippen LogP) is 3.32. The third-order valence-corrected chi connectivity index (χ3v) is 4.59. The number of nitrogens with one attached hydrogen (secondary N) is 2. The summed E-state index contributed by atoms with van der Waals surface area (Å²) in [6, 6.07) is 6.18. The van der Waals surface area contributed by atoms with Gasteiger partial charge in [0.2, 0.25) is 5.91 Å². The van der Waals surface area contributed by atoms with Crippen LogP contribution >= 0.6 is 0 Å². The van der Waals surface area contributed by atoms with E-state index in [0.717, 1.165) is 18.4 Å². The Kier molecular flexibility index (Phi) is 5.34. The van der Waals surface area contributed by atoms with Gasteiger partial charge in [0.05, 0.1) is 6.04 Å². The van der Waals surface area contributed by atoms with Gasteiger partial charge in [0.15, 0.2) is 0 Å². The van der Waals surface area contributed by atoms with E-state index in [0.29, 0.717) is 6.42 Å². The van der Waals surface area contributed by atoms with Gasteiger partial charge in [-0.1, -0.05) is 31.4 Å². The van der Waals surface area contributed by atoms with E-state index in [1.54, 1.807) is 12.1 Å². The van der Waals surface area contributed by atoms with Crippen LogP contribution in [-0.4, -0.2) is 18.5 Å². The van der Waals surface area contributed by atoms with Crippen LogP contribution in [0, 0.1) is 5.82 Å². The Morgan fingerprint density at radius 2 is 1.86 bits per heavy atom. The van der Waals surface area contributed by atoms with Crippen LogP contribution < -0.4 is 10.6 Å². The number of hydrogen-bond acceptors (Lipinski definition) is 2. The van der Waals surface area contributed by atoms with Gasteiger partial charge in [0.25, 0.3) is 0 Å². The summed E-state index contributed by atoms with van der Waals surface area (Å²) >= 11 is 0. The molecule has 2 N–H and O–H groups in total. The van der Waals surface area contributed by atoms with Gasteiger partial charge in [-0.15, -0.1) is 0 Å². The smallest absolute Gasteiger partial charge is 0.222 e. The molecular formula is C17H25FN2O. The summed E-state index contributed by atoms with van der Waals surface area (Å²) in [6.07, 6.45) is 6.25. The van der Waals surface area contributed by atoms with Crippen molar-refractivity contribution in [2.24, 2.45) is 0 Å². The van der Waals surface area contributed by atoms with Gasteiger partial charge in [0.1, 0.15) is 5.82 Å². The van der Waals surface area contributed by atoms with Crippen LogP contribution in [0.15, 0.2) is 24.3 Å². The Hall–Kier alpha value is -1.42. The summed E-state index contributed by atoms with van der Waals surface area (Å²) in [5.74, 6) is -0.198. The van der Waals surface area contributed by atoms with Gasteiger partial charge in [-0.25, -0.2) is 4.39 Å².